The van der Waals surface area contributed by atoms with Crippen molar-refractivity contribution < 1.29 is 4.74 Å². The summed E-state index contributed by atoms with van der Waals surface area (Å²) in [6.07, 6.45) is 7.29. The van der Waals surface area contributed by atoms with E-state index >= 15 is 0 Å². The van der Waals surface area contributed by atoms with E-state index in [1.165, 1.54) is 6.21 Å². The van der Waals surface area contributed by atoms with E-state index in [-0.39, 0.29) is 11.1 Å². The van der Waals surface area contributed by atoms with Crippen LogP contribution in [0.5, 0.6) is 0 Å². The fourth-order valence-corrected chi connectivity index (χ4v) is 3.25. The molecular weight excluding hydrogens is 240 g/mol. The number of likely N-dealkylation sites (N-methyl/N-ethyl adjacent to an activating group) is 1. The maximum atomic E-state index is 7.39. The van der Waals surface area contributed by atoms with Crippen LogP contribution in [0.15, 0.2) is 12.3 Å². The Morgan fingerprint density at radius 1 is 1.42 bits per heavy atom. The summed E-state index contributed by atoms with van der Waals surface area (Å²) in [4.78, 5) is 4.20. The molecule has 1 saturated carbocycles. The third kappa shape index (κ3) is 1.84. The third-order valence-electron chi connectivity index (χ3n) is 4.80. The average Bonchev–Trinajstić information content (AvgIpc) is 2.49. The Bertz CT molecular complexity index is 490. The molecule has 3 aliphatic rings. The number of anilines is 1. The molecule has 2 bridgehead atoms. The lowest BCUT2D eigenvalue weighted by Crippen LogP contribution is -2.59. The first-order chi connectivity index (χ1) is 9.13. The van der Waals surface area contributed by atoms with Crippen LogP contribution < -0.4 is 11.1 Å². The Kier molecular flexibility index (Phi) is 2.83. The van der Waals surface area contributed by atoms with Gasteiger partial charge in [-0.25, -0.2) is 4.98 Å². The Balaban J connectivity index is 1.93. The minimum atomic E-state index is -0.225. The number of aromatic nitrogens is 1. The van der Waals surface area contributed by atoms with Crippen molar-refractivity contribution in [3.63, 3.8) is 0 Å². The van der Waals surface area contributed by atoms with Gasteiger partial charge in [0, 0.05) is 29.1 Å². The zero-order chi connectivity index (χ0) is 13.5. The van der Waals surface area contributed by atoms with Gasteiger partial charge in [-0.1, -0.05) is 0 Å². The van der Waals surface area contributed by atoms with E-state index in [0.29, 0.717) is 11.4 Å². The summed E-state index contributed by atoms with van der Waals surface area (Å²) in [6.45, 7) is 0.744. The first kappa shape index (κ1) is 12.6. The molecule has 4 N–H and O–H groups in total. The molecule has 3 heterocycles. The second-order valence-electron chi connectivity index (χ2n) is 5.66. The highest BCUT2D eigenvalue weighted by Crippen LogP contribution is 2.49. The highest BCUT2D eigenvalue weighted by Gasteiger charge is 2.50. The van der Waals surface area contributed by atoms with Gasteiger partial charge in [0.15, 0.2) is 0 Å². The van der Waals surface area contributed by atoms with Crippen LogP contribution in [0, 0.1) is 5.41 Å². The zero-order valence-corrected chi connectivity index (χ0v) is 11.2. The van der Waals surface area contributed by atoms with Gasteiger partial charge in [-0.15, -0.1) is 0 Å². The number of rotatable bonds is 3. The topological polar surface area (TPSA) is 84.0 Å². The summed E-state index contributed by atoms with van der Waals surface area (Å²) < 4.78 is 6.17. The van der Waals surface area contributed by atoms with Gasteiger partial charge >= 0.3 is 0 Å². The summed E-state index contributed by atoms with van der Waals surface area (Å²) in [5.41, 5.74) is 7.42. The van der Waals surface area contributed by atoms with Gasteiger partial charge in [0.25, 0.3) is 0 Å². The van der Waals surface area contributed by atoms with Gasteiger partial charge < -0.3 is 21.2 Å². The van der Waals surface area contributed by atoms with E-state index in [9.17, 15) is 0 Å². The SMILES string of the molecule is CNC12CCC(c3cnc(N)c(C=N)c3)(CC1)OC2. The maximum absolute atomic E-state index is 7.39. The van der Waals surface area contributed by atoms with Crippen molar-refractivity contribution in [3.05, 3.63) is 23.4 Å². The fourth-order valence-electron chi connectivity index (χ4n) is 3.25. The number of nitrogens with zero attached hydrogens (tertiary/aromatic N) is 1. The monoisotopic (exact) mass is 260 g/mol. The normalized spacial score (nSPS) is 33.3. The summed E-state index contributed by atoms with van der Waals surface area (Å²) in [7, 11) is 2.01. The standard InChI is InChI=1S/C14H20N4O/c1-17-13-2-4-14(5-3-13,19-9-13)11-6-10(7-15)12(16)18-8-11/h6-8,15,17H,2-5,9H2,1H3,(H2,16,18). The molecule has 2 saturated heterocycles. The Labute approximate surface area is 113 Å². The lowest BCUT2D eigenvalue weighted by Gasteiger charge is -2.53. The molecule has 0 spiro atoms. The van der Waals surface area contributed by atoms with E-state index in [0.717, 1.165) is 37.9 Å². The second-order valence-corrected chi connectivity index (χ2v) is 5.66. The van der Waals surface area contributed by atoms with Crippen LogP contribution in [0.4, 0.5) is 5.82 Å². The second kappa shape index (κ2) is 4.28. The number of hydrogen-bond donors (Lipinski definition) is 3. The van der Waals surface area contributed by atoms with Gasteiger partial charge in [0.1, 0.15) is 5.82 Å². The molecule has 2 aliphatic heterocycles. The summed E-state index contributed by atoms with van der Waals surface area (Å²) in [6, 6.07) is 1.95. The van der Waals surface area contributed by atoms with Crippen LogP contribution in [-0.2, 0) is 10.3 Å². The molecule has 5 heteroatoms. The van der Waals surface area contributed by atoms with Crippen LogP contribution in [0.1, 0.15) is 36.8 Å². The minimum Gasteiger partial charge on any atom is -0.383 e. The Morgan fingerprint density at radius 2 is 2.16 bits per heavy atom. The number of nitrogen functional groups attached to an aromatic ring is 1. The smallest absolute Gasteiger partial charge is 0.132 e. The van der Waals surface area contributed by atoms with Crippen LogP contribution in [-0.4, -0.2) is 30.4 Å². The molecule has 102 valence electrons. The first-order valence-electron chi connectivity index (χ1n) is 6.72. The highest BCUT2D eigenvalue weighted by molar-refractivity contribution is 5.83. The van der Waals surface area contributed by atoms with Gasteiger partial charge in [-0.3, -0.25) is 0 Å². The van der Waals surface area contributed by atoms with Crippen molar-refractivity contribution in [2.24, 2.45) is 0 Å². The zero-order valence-electron chi connectivity index (χ0n) is 11.2. The molecule has 1 aromatic rings. The molecule has 3 fully saturated rings. The van der Waals surface area contributed by atoms with Gasteiger partial charge in [-0.2, -0.15) is 0 Å². The van der Waals surface area contributed by atoms with Crippen LogP contribution >= 0.6 is 0 Å². The average molecular weight is 260 g/mol. The molecule has 0 aromatic carbocycles. The van der Waals surface area contributed by atoms with Crippen molar-refractivity contribution in [2.45, 2.75) is 36.8 Å². The number of pyridine rings is 1. The maximum Gasteiger partial charge on any atom is 0.132 e. The highest BCUT2D eigenvalue weighted by atomic mass is 16.5. The number of hydrogen-bond acceptors (Lipinski definition) is 5. The Hall–Kier alpha value is -1.46. The van der Waals surface area contributed by atoms with Crippen molar-refractivity contribution in [2.75, 3.05) is 19.4 Å². The molecule has 19 heavy (non-hydrogen) atoms. The van der Waals surface area contributed by atoms with Crippen molar-refractivity contribution >= 4 is 12.0 Å². The number of nitrogens with two attached hydrogens (primary N) is 1. The molecule has 0 amide bonds. The predicted molar refractivity (Wildman–Crippen MR) is 74.4 cm³/mol. The molecule has 0 unspecified atom stereocenters. The molecule has 1 aromatic heterocycles. The molecule has 0 atom stereocenters. The molecular formula is C14H20N4O. The largest absolute Gasteiger partial charge is 0.383 e. The lowest BCUT2D eigenvalue weighted by atomic mass is 9.69. The molecule has 5 nitrogen and oxygen atoms in total. The van der Waals surface area contributed by atoms with E-state index in [4.69, 9.17) is 15.9 Å². The van der Waals surface area contributed by atoms with Crippen molar-refractivity contribution in [3.8, 4) is 0 Å². The van der Waals surface area contributed by atoms with E-state index in [1.54, 1.807) is 6.20 Å². The number of nitrogens with one attached hydrogen (secondary N) is 2. The van der Waals surface area contributed by atoms with E-state index in [1.807, 2.05) is 13.1 Å². The van der Waals surface area contributed by atoms with Gasteiger partial charge in [-0.05, 0) is 38.8 Å². The van der Waals surface area contributed by atoms with Crippen molar-refractivity contribution in [1.29, 1.82) is 5.41 Å². The predicted octanol–water partition coefficient (Wildman–Crippen LogP) is 1.42. The van der Waals surface area contributed by atoms with Crippen molar-refractivity contribution in [1.82, 2.24) is 10.3 Å². The molecule has 1 aliphatic carbocycles. The summed E-state index contributed by atoms with van der Waals surface area (Å²) >= 11 is 0. The van der Waals surface area contributed by atoms with Gasteiger partial charge in [0.05, 0.1) is 12.2 Å². The van der Waals surface area contributed by atoms with Crippen LogP contribution in [0.2, 0.25) is 0 Å². The van der Waals surface area contributed by atoms with Crippen LogP contribution in [0.25, 0.3) is 0 Å². The first-order valence-corrected chi connectivity index (χ1v) is 6.72. The quantitative estimate of drug-likeness (QED) is 0.718. The van der Waals surface area contributed by atoms with Crippen LogP contribution in [0.3, 0.4) is 0 Å². The lowest BCUT2D eigenvalue weighted by molar-refractivity contribution is -0.166. The van der Waals surface area contributed by atoms with E-state index < -0.39 is 0 Å². The summed E-state index contributed by atoms with van der Waals surface area (Å²) in [5, 5.41) is 10.8. The molecule has 4 rings (SSSR count). The Morgan fingerprint density at radius 3 is 2.68 bits per heavy atom. The number of ether oxygens (including phenoxy) is 1. The third-order valence-corrected chi connectivity index (χ3v) is 4.80. The molecule has 0 radical (unpaired) electrons. The fraction of sp³-hybridized carbons (Fsp3) is 0.571. The number of fused-ring (bicyclic) bond motifs is 3. The minimum absolute atomic E-state index is 0.160. The van der Waals surface area contributed by atoms with Gasteiger partial charge in [0.2, 0.25) is 0 Å². The van der Waals surface area contributed by atoms with E-state index in [2.05, 4.69) is 10.3 Å². The summed E-state index contributed by atoms with van der Waals surface area (Å²) in [5.74, 6) is 0.409.